The molecule has 1 unspecified atom stereocenters. The molecule has 2 rings (SSSR count). The topological polar surface area (TPSA) is 29.1 Å². The van der Waals surface area contributed by atoms with E-state index in [9.17, 15) is 8.60 Å². The van der Waals surface area contributed by atoms with Crippen molar-refractivity contribution >= 4 is 10.8 Å². The van der Waals surface area contributed by atoms with Crippen LogP contribution in [0.25, 0.3) is 0 Å². The first kappa shape index (κ1) is 10.8. The van der Waals surface area contributed by atoms with Gasteiger partial charge in [-0.1, -0.05) is 12.1 Å². The molecule has 1 saturated heterocycles. The Morgan fingerprint density at radius 1 is 1.47 bits per heavy atom. The number of halogens is 1. The van der Waals surface area contributed by atoms with Crippen LogP contribution in [0.15, 0.2) is 24.3 Å². The van der Waals surface area contributed by atoms with Gasteiger partial charge in [-0.25, -0.2) is 4.39 Å². The molecule has 0 aromatic heterocycles. The summed E-state index contributed by atoms with van der Waals surface area (Å²) in [5.74, 6) is 1.48. The highest BCUT2D eigenvalue weighted by atomic mass is 32.2. The second kappa shape index (κ2) is 4.86. The first-order valence-electron chi connectivity index (χ1n) is 5.04. The number of nitrogens with one attached hydrogen (secondary N) is 1. The summed E-state index contributed by atoms with van der Waals surface area (Å²) >= 11 is 0. The van der Waals surface area contributed by atoms with Crippen LogP contribution < -0.4 is 5.32 Å². The summed E-state index contributed by atoms with van der Waals surface area (Å²) in [5.41, 5.74) is 0.820. The zero-order valence-electron chi connectivity index (χ0n) is 8.41. The first-order valence-corrected chi connectivity index (χ1v) is 6.53. The van der Waals surface area contributed by atoms with E-state index in [0.717, 1.165) is 24.4 Å². The van der Waals surface area contributed by atoms with Gasteiger partial charge < -0.3 is 5.32 Å². The maximum Gasteiger partial charge on any atom is 0.123 e. The average molecular weight is 227 g/mol. The SMILES string of the molecule is O=S(Cc1cccc(F)c1)CC1CNC1. The van der Waals surface area contributed by atoms with Crippen molar-refractivity contribution in [3.8, 4) is 0 Å². The maximum absolute atomic E-state index is 12.8. The number of hydrogen-bond donors (Lipinski definition) is 1. The highest BCUT2D eigenvalue weighted by Gasteiger charge is 2.19. The van der Waals surface area contributed by atoms with E-state index in [4.69, 9.17) is 0 Å². The molecule has 4 heteroatoms. The van der Waals surface area contributed by atoms with Crippen LogP contribution in [-0.2, 0) is 16.6 Å². The van der Waals surface area contributed by atoms with Gasteiger partial charge in [0.05, 0.1) is 0 Å². The first-order chi connectivity index (χ1) is 7.24. The number of rotatable bonds is 4. The number of benzene rings is 1. The smallest absolute Gasteiger partial charge is 0.123 e. The minimum Gasteiger partial charge on any atom is -0.316 e. The fourth-order valence-corrected chi connectivity index (χ4v) is 3.03. The molecule has 1 aromatic carbocycles. The van der Waals surface area contributed by atoms with Gasteiger partial charge in [0.15, 0.2) is 0 Å². The van der Waals surface area contributed by atoms with Crippen LogP contribution in [0, 0.1) is 11.7 Å². The lowest BCUT2D eigenvalue weighted by Crippen LogP contribution is -2.44. The quantitative estimate of drug-likeness (QED) is 0.840. The fourth-order valence-electron chi connectivity index (χ4n) is 1.60. The summed E-state index contributed by atoms with van der Waals surface area (Å²) in [6.45, 7) is 1.93. The predicted molar refractivity (Wildman–Crippen MR) is 59.5 cm³/mol. The highest BCUT2D eigenvalue weighted by Crippen LogP contribution is 2.10. The molecule has 15 heavy (non-hydrogen) atoms. The second-order valence-electron chi connectivity index (χ2n) is 3.91. The van der Waals surface area contributed by atoms with E-state index in [-0.39, 0.29) is 5.82 Å². The monoisotopic (exact) mass is 227 g/mol. The molecule has 82 valence electrons. The van der Waals surface area contributed by atoms with Gasteiger partial charge in [0.2, 0.25) is 0 Å². The van der Waals surface area contributed by atoms with Crippen molar-refractivity contribution in [3.63, 3.8) is 0 Å². The van der Waals surface area contributed by atoms with Crippen LogP contribution in [0.4, 0.5) is 4.39 Å². The van der Waals surface area contributed by atoms with Crippen molar-refractivity contribution in [2.45, 2.75) is 5.75 Å². The molecular formula is C11H14FNOS. The van der Waals surface area contributed by atoms with Gasteiger partial charge in [-0.2, -0.15) is 0 Å². The van der Waals surface area contributed by atoms with E-state index in [1.54, 1.807) is 6.07 Å². The van der Waals surface area contributed by atoms with E-state index in [0.29, 0.717) is 11.7 Å². The molecule has 0 bridgehead atoms. The Bertz CT molecular complexity index is 365. The summed E-state index contributed by atoms with van der Waals surface area (Å²) < 4.78 is 24.5. The molecule has 0 amide bonds. The minimum atomic E-state index is -0.865. The third kappa shape index (κ3) is 3.11. The van der Waals surface area contributed by atoms with E-state index in [2.05, 4.69) is 5.32 Å². The lowest BCUT2D eigenvalue weighted by atomic mass is 10.1. The molecule has 0 radical (unpaired) electrons. The fraction of sp³-hybridized carbons (Fsp3) is 0.455. The molecule has 1 aromatic rings. The van der Waals surface area contributed by atoms with Gasteiger partial charge in [-0.3, -0.25) is 4.21 Å². The van der Waals surface area contributed by atoms with Gasteiger partial charge in [0, 0.05) is 35.4 Å². The van der Waals surface area contributed by atoms with E-state index in [1.807, 2.05) is 6.07 Å². The molecule has 2 nitrogen and oxygen atoms in total. The largest absolute Gasteiger partial charge is 0.316 e. The minimum absolute atomic E-state index is 0.255. The number of hydrogen-bond acceptors (Lipinski definition) is 2. The van der Waals surface area contributed by atoms with Crippen molar-refractivity contribution in [2.75, 3.05) is 18.8 Å². The Morgan fingerprint density at radius 3 is 2.87 bits per heavy atom. The molecule has 1 fully saturated rings. The van der Waals surface area contributed by atoms with Crippen LogP contribution in [0.1, 0.15) is 5.56 Å². The second-order valence-corrected chi connectivity index (χ2v) is 5.41. The van der Waals surface area contributed by atoms with Gasteiger partial charge in [0.1, 0.15) is 5.82 Å². The van der Waals surface area contributed by atoms with Crippen LogP contribution in [-0.4, -0.2) is 23.1 Å². The molecule has 0 spiro atoms. The van der Waals surface area contributed by atoms with Gasteiger partial charge in [0.25, 0.3) is 0 Å². The zero-order chi connectivity index (χ0) is 10.7. The average Bonchev–Trinajstić information content (AvgIpc) is 2.11. The molecule has 1 aliphatic rings. The summed E-state index contributed by atoms with van der Waals surface area (Å²) in [6.07, 6.45) is 0. The molecule has 1 aliphatic heterocycles. The summed E-state index contributed by atoms with van der Waals surface area (Å²) in [5, 5.41) is 3.15. The Morgan fingerprint density at radius 2 is 2.27 bits per heavy atom. The lowest BCUT2D eigenvalue weighted by molar-refractivity contribution is 0.382. The molecule has 0 aliphatic carbocycles. The van der Waals surface area contributed by atoms with Gasteiger partial charge >= 0.3 is 0 Å². The van der Waals surface area contributed by atoms with Crippen molar-refractivity contribution in [2.24, 2.45) is 5.92 Å². The van der Waals surface area contributed by atoms with Crippen LogP contribution in [0.3, 0.4) is 0 Å². The van der Waals surface area contributed by atoms with Crippen molar-refractivity contribution in [1.82, 2.24) is 5.32 Å². The Balaban J connectivity index is 1.87. The van der Waals surface area contributed by atoms with Crippen LogP contribution in [0.5, 0.6) is 0 Å². The van der Waals surface area contributed by atoms with Gasteiger partial charge in [-0.05, 0) is 23.6 Å². The molecule has 0 saturated carbocycles. The Kier molecular flexibility index (Phi) is 3.49. The van der Waals surface area contributed by atoms with Crippen molar-refractivity contribution in [1.29, 1.82) is 0 Å². The van der Waals surface area contributed by atoms with E-state index >= 15 is 0 Å². The van der Waals surface area contributed by atoms with E-state index < -0.39 is 10.8 Å². The summed E-state index contributed by atoms with van der Waals surface area (Å²) in [4.78, 5) is 0. The lowest BCUT2D eigenvalue weighted by Gasteiger charge is -2.26. The van der Waals surface area contributed by atoms with Crippen molar-refractivity contribution < 1.29 is 8.60 Å². The highest BCUT2D eigenvalue weighted by molar-refractivity contribution is 7.84. The maximum atomic E-state index is 12.8. The predicted octanol–water partition coefficient (Wildman–Crippen LogP) is 1.29. The molecule has 1 atom stereocenters. The Hall–Kier alpha value is -0.740. The zero-order valence-corrected chi connectivity index (χ0v) is 9.23. The summed E-state index contributed by atoms with van der Waals surface area (Å²) in [7, 11) is -0.865. The third-order valence-corrected chi connectivity index (χ3v) is 4.00. The Labute approximate surface area is 91.3 Å². The molecule has 1 heterocycles. The normalized spacial score (nSPS) is 18.5. The van der Waals surface area contributed by atoms with Crippen LogP contribution >= 0.6 is 0 Å². The van der Waals surface area contributed by atoms with Crippen molar-refractivity contribution in [3.05, 3.63) is 35.6 Å². The van der Waals surface area contributed by atoms with Gasteiger partial charge in [-0.15, -0.1) is 0 Å². The third-order valence-electron chi connectivity index (χ3n) is 2.50. The molecular weight excluding hydrogens is 213 g/mol. The van der Waals surface area contributed by atoms with E-state index in [1.165, 1.54) is 12.1 Å². The summed E-state index contributed by atoms with van der Waals surface area (Å²) in [6, 6.07) is 6.34. The van der Waals surface area contributed by atoms with Crippen LogP contribution in [0.2, 0.25) is 0 Å². The molecule has 1 N–H and O–H groups in total. The standard InChI is InChI=1S/C11H14FNOS/c12-11-3-1-2-9(4-11)7-15(14)8-10-5-13-6-10/h1-4,10,13H,5-8H2.